The highest BCUT2D eigenvalue weighted by atomic mass is 17.0. The number of hydrogen-bond donors (Lipinski definition) is 0. The molecule has 2 heterocycles. The van der Waals surface area contributed by atoms with Crippen LogP contribution in [0.15, 0.2) is 26.1 Å². The van der Waals surface area contributed by atoms with E-state index in [4.69, 9.17) is 37.6 Å². The third kappa shape index (κ3) is 2.93. The number of carbonyl (C=O) groups is 2. The highest BCUT2D eigenvalue weighted by Gasteiger charge is 2.35. The third-order valence-corrected chi connectivity index (χ3v) is 4.76. The third-order valence-electron chi connectivity index (χ3n) is 4.76. The van der Waals surface area contributed by atoms with Gasteiger partial charge in [-0.3, -0.25) is 4.58 Å². The summed E-state index contributed by atoms with van der Waals surface area (Å²) in [5.41, 5.74) is -1.05. The van der Waals surface area contributed by atoms with Crippen molar-refractivity contribution in [2.75, 3.05) is 35.2 Å². The van der Waals surface area contributed by atoms with Crippen LogP contribution < -0.4 is 24.6 Å². The first-order valence-corrected chi connectivity index (χ1v) is 8.78. The molecule has 0 bridgehead atoms. The number of hydrogen-bond acceptors (Lipinski definition) is 11. The molecule has 0 N–H and O–H groups in total. The van der Waals surface area contributed by atoms with Gasteiger partial charge in [-0.2, -0.15) is 0 Å². The van der Waals surface area contributed by atoms with Gasteiger partial charge in [0.15, 0.2) is 16.9 Å². The summed E-state index contributed by atoms with van der Waals surface area (Å²) in [5, 5.41) is -0.0792. The molecule has 0 aliphatic carbocycles. The van der Waals surface area contributed by atoms with Gasteiger partial charge in [-0.1, -0.05) is 0 Å². The highest BCUT2D eigenvalue weighted by Crippen LogP contribution is 2.52. The minimum atomic E-state index is -0.841. The molecular formula is C20H16O11. The monoisotopic (exact) mass is 432 g/mol. The van der Waals surface area contributed by atoms with Crippen LogP contribution in [0.3, 0.4) is 0 Å². The molecule has 0 saturated heterocycles. The lowest BCUT2D eigenvalue weighted by Gasteiger charge is -2.16. The van der Waals surface area contributed by atoms with Crippen LogP contribution in [-0.4, -0.2) is 47.2 Å². The first-order valence-electron chi connectivity index (χ1n) is 8.78. The van der Waals surface area contributed by atoms with Crippen molar-refractivity contribution in [1.29, 1.82) is 0 Å². The Bertz CT molecular complexity index is 1260. The standard InChI is InChI=1S/C20H16O11/c1-24-10-5-8(18(21)26-3)12(16-14(10)20(23)31-30-16)13-9(19(22)27-4)6-11(25-2)15-17(13)29-7-28-15/h5-6H,7H2,1-4H3. The Labute approximate surface area is 173 Å². The van der Waals surface area contributed by atoms with Gasteiger partial charge in [0.1, 0.15) is 5.75 Å². The van der Waals surface area contributed by atoms with E-state index in [-0.39, 0.29) is 63.0 Å². The Morgan fingerprint density at radius 2 is 1.39 bits per heavy atom. The molecule has 2 aromatic carbocycles. The van der Waals surface area contributed by atoms with E-state index in [1.54, 1.807) is 0 Å². The second kappa shape index (κ2) is 7.59. The molecule has 1 aliphatic heterocycles. The lowest BCUT2D eigenvalue weighted by atomic mass is 9.91. The summed E-state index contributed by atoms with van der Waals surface area (Å²) in [7, 11) is 5.06. The van der Waals surface area contributed by atoms with E-state index in [9.17, 15) is 14.4 Å². The first-order chi connectivity index (χ1) is 15.0. The first kappa shape index (κ1) is 20.1. The van der Waals surface area contributed by atoms with Crippen LogP contribution in [-0.2, 0) is 9.47 Å². The summed E-state index contributed by atoms with van der Waals surface area (Å²) in [6.45, 7) is -0.175. The predicted octanol–water partition coefficient (Wildman–Crippen LogP) is 2.37. The van der Waals surface area contributed by atoms with Crippen molar-refractivity contribution in [3.05, 3.63) is 33.7 Å². The molecule has 0 atom stereocenters. The van der Waals surface area contributed by atoms with E-state index in [1.807, 2.05) is 0 Å². The van der Waals surface area contributed by atoms with Crippen LogP contribution in [0, 0.1) is 0 Å². The molecule has 1 aromatic heterocycles. The molecule has 0 amide bonds. The summed E-state index contributed by atoms with van der Waals surface area (Å²) >= 11 is 0. The largest absolute Gasteiger partial charge is 0.496 e. The van der Waals surface area contributed by atoms with E-state index < -0.39 is 17.6 Å². The maximum absolute atomic E-state index is 12.7. The van der Waals surface area contributed by atoms with Crippen LogP contribution in [0.1, 0.15) is 20.7 Å². The normalized spacial score (nSPS) is 12.0. The topological polar surface area (TPSA) is 133 Å². The van der Waals surface area contributed by atoms with Crippen molar-refractivity contribution in [2.45, 2.75) is 0 Å². The molecule has 0 unspecified atom stereocenters. The van der Waals surface area contributed by atoms with Crippen LogP contribution in [0.2, 0.25) is 0 Å². The number of rotatable bonds is 5. The smallest absolute Gasteiger partial charge is 0.393 e. The lowest BCUT2D eigenvalue weighted by molar-refractivity contribution is 0.0586. The van der Waals surface area contributed by atoms with Crippen molar-refractivity contribution in [2.24, 2.45) is 0 Å². The van der Waals surface area contributed by atoms with Gasteiger partial charge in [0.2, 0.25) is 18.1 Å². The second-order valence-corrected chi connectivity index (χ2v) is 6.21. The summed E-state index contributed by atoms with van der Waals surface area (Å²) in [6.07, 6.45) is 0. The minimum Gasteiger partial charge on any atom is -0.496 e. The Kier molecular flexibility index (Phi) is 4.93. The average Bonchev–Trinajstić information content (AvgIpc) is 3.43. The Morgan fingerprint density at radius 3 is 2.00 bits per heavy atom. The van der Waals surface area contributed by atoms with Crippen LogP contribution in [0.4, 0.5) is 0 Å². The molecule has 0 spiro atoms. The van der Waals surface area contributed by atoms with E-state index in [0.29, 0.717) is 0 Å². The van der Waals surface area contributed by atoms with Gasteiger partial charge in [-0.25, -0.2) is 19.0 Å². The zero-order chi connectivity index (χ0) is 22.3. The van der Waals surface area contributed by atoms with Crippen LogP contribution in [0.5, 0.6) is 23.0 Å². The fourth-order valence-corrected chi connectivity index (χ4v) is 3.42. The predicted molar refractivity (Wildman–Crippen MR) is 102 cm³/mol. The van der Waals surface area contributed by atoms with Crippen molar-refractivity contribution in [3.63, 3.8) is 0 Å². The molecule has 31 heavy (non-hydrogen) atoms. The number of ether oxygens (including phenoxy) is 6. The van der Waals surface area contributed by atoms with Gasteiger partial charge in [0.25, 0.3) is 0 Å². The number of esters is 2. The molecular weight excluding hydrogens is 416 g/mol. The van der Waals surface area contributed by atoms with Gasteiger partial charge in [0.05, 0.1) is 39.6 Å². The lowest BCUT2D eigenvalue weighted by Crippen LogP contribution is -2.10. The number of methoxy groups -OCH3 is 4. The SMILES string of the molecule is COC(=O)c1cc(OC)c2c(c1-c1c(C(=O)OC)cc(OC)c3c(=O)ooc13)OCO2. The van der Waals surface area contributed by atoms with Crippen molar-refractivity contribution in [1.82, 2.24) is 0 Å². The van der Waals surface area contributed by atoms with Crippen LogP contribution >= 0.6 is 0 Å². The van der Waals surface area contributed by atoms with E-state index in [1.165, 1.54) is 40.6 Å². The van der Waals surface area contributed by atoms with Gasteiger partial charge in [0, 0.05) is 11.1 Å². The van der Waals surface area contributed by atoms with Crippen molar-refractivity contribution < 1.29 is 47.2 Å². The number of fused-ring (bicyclic) bond motifs is 2. The number of carbonyl (C=O) groups excluding carboxylic acids is 2. The zero-order valence-corrected chi connectivity index (χ0v) is 16.9. The fourth-order valence-electron chi connectivity index (χ4n) is 3.42. The van der Waals surface area contributed by atoms with Crippen molar-refractivity contribution in [3.8, 4) is 34.1 Å². The van der Waals surface area contributed by atoms with Gasteiger partial charge in [-0.05, 0) is 12.1 Å². The quantitative estimate of drug-likeness (QED) is 0.434. The fraction of sp³-hybridized carbons (Fsp3) is 0.250. The Hall–Kier alpha value is -4.15. The molecule has 0 radical (unpaired) electrons. The van der Waals surface area contributed by atoms with Gasteiger partial charge < -0.3 is 28.4 Å². The van der Waals surface area contributed by atoms with Crippen molar-refractivity contribution >= 4 is 22.9 Å². The minimum absolute atomic E-state index is 0.00157. The molecule has 0 saturated carbocycles. The molecule has 0 fully saturated rings. The Morgan fingerprint density at radius 1 is 0.806 bits per heavy atom. The van der Waals surface area contributed by atoms with E-state index in [2.05, 4.69) is 0 Å². The molecule has 11 heteroatoms. The van der Waals surface area contributed by atoms with Crippen LogP contribution in [0.25, 0.3) is 22.1 Å². The maximum Gasteiger partial charge on any atom is 0.393 e. The number of benzene rings is 2. The van der Waals surface area contributed by atoms with Gasteiger partial charge >= 0.3 is 17.6 Å². The molecule has 162 valence electrons. The van der Waals surface area contributed by atoms with Gasteiger partial charge in [-0.15, -0.1) is 0 Å². The summed E-state index contributed by atoms with van der Waals surface area (Å²) in [4.78, 5) is 37.6. The highest BCUT2D eigenvalue weighted by molar-refractivity contribution is 6.13. The maximum atomic E-state index is 12.7. The molecule has 4 rings (SSSR count). The van der Waals surface area contributed by atoms with E-state index >= 15 is 0 Å². The summed E-state index contributed by atoms with van der Waals surface area (Å²) < 4.78 is 41.2. The summed E-state index contributed by atoms with van der Waals surface area (Å²) in [5.74, 6) is -1.06. The molecule has 3 aromatic rings. The summed E-state index contributed by atoms with van der Waals surface area (Å²) in [6, 6.07) is 2.65. The molecule has 11 nitrogen and oxygen atoms in total. The zero-order valence-electron chi connectivity index (χ0n) is 16.9. The average molecular weight is 432 g/mol. The van der Waals surface area contributed by atoms with E-state index in [0.717, 1.165) is 0 Å². The second-order valence-electron chi connectivity index (χ2n) is 6.21. The molecule has 1 aliphatic rings. The Balaban J connectivity index is 2.22.